The molecule has 0 bridgehead atoms. The number of anilines is 6. The largest absolute Gasteiger partial charge is 0.495 e. The molecule has 2 saturated heterocycles. The molecule has 0 amide bonds. The van der Waals surface area contributed by atoms with Crippen molar-refractivity contribution in [2.45, 2.75) is 253 Å². The maximum absolute atomic E-state index is 6.56. The minimum atomic E-state index is -0.358. The van der Waals surface area contributed by atoms with Crippen molar-refractivity contribution in [1.29, 1.82) is 0 Å². The number of hydrogen-bond acceptors (Lipinski definition) is 6. The highest BCUT2D eigenvalue weighted by molar-refractivity contribution is 9.11. The van der Waals surface area contributed by atoms with Crippen molar-refractivity contribution < 1.29 is 18.6 Å². The van der Waals surface area contributed by atoms with Gasteiger partial charge in [0, 0.05) is 66.4 Å². The fourth-order valence-electron chi connectivity index (χ4n) is 15.3. The molecule has 2 aliphatic heterocycles. The van der Waals surface area contributed by atoms with Gasteiger partial charge in [0.2, 0.25) is 0 Å². The molecule has 9 aromatic rings. The molecule has 14 heteroatoms. The lowest BCUT2D eigenvalue weighted by molar-refractivity contribution is 0.00578. The molecule has 2 heterocycles. The van der Waals surface area contributed by atoms with E-state index in [-0.39, 0.29) is 42.1 Å². The number of aryl methyl sites for hydroxylation is 6. The minimum absolute atomic E-state index is 0.0875. The summed E-state index contributed by atoms with van der Waals surface area (Å²) in [6, 6.07) is 64.0. The molecular formula is C97H116B2Br6N2O4. The van der Waals surface area contributed by atoms with Crippen LogP contribution in [0.3, 0.4) is 0 Å². The van der Waals surface area contributed by atoms with Crippen molar-refractivity contribution in [3.8, 4) is 11.1 Å². The molecule has 0 aromatic heterocycles. The zero-order chi connectivity index (χ0) is 80.0. The van der Waals surface area contributed by atoms with Gasteiger partial charge in [-0.3, -0.25) is 0 Å². The average molecular weight is 1880 g/mol. The van der Waals surface area contributed by atoms with Crippen LogP contribution >= 0.6 is 95.6 Å². The van der Waals surface area contributed by atoms with Gasteiger partial charge in [0.1, 0.15) is 0 Å². The molecule has 1 unspecified atom stereocenters. The van der Waals surface area contributed by atoms with Crippen molar-refractivity contribution in [2.24, 2.45) is 0 Å². The lowest BCUT2D eigenvalue weighted by atomic mass is 9.67. The van der Waals surface area contributed by atoms with Crippen molar-refractivity contribution >= 4 is 155 Å². The van der Waals surface area contributed by atoms with Crippen molar-refractivity contribution in [3.63, 3.8) is 0 Å². The normalized spacial score (nSPS) is 15.8. The number of hydrogen-bond donors (Lipinski definition) is 0. The van der Waals surface area contributed by atoms with Crippen molar-refractivity contribution in [1.82, 2.24) is 0 Å². The summed E-state index contributed by atoms with van der Waals surface area (Å²) in [5, 5.41) is 0. The fraction of sp³-hybridized carbons (Fsp3) is 0.402. The van der Waals surface area contributed by atoms with Crippen LogP contribution in [0.2, 0.25) is 0 Å². The Kier molecular flexibility index (Phi) is 31.6. The van der Waals surface area contributed by atoms with Crippen LogP contribution in [0.5, 0.6) is 0 Å². The Bertz CT molecular complexity index is 4350. The summed E-state index contributed by atoms with van der Waals surface area (Å²) in [5.74, 6) is 0.581. The van der Waals surface area contributed by atoms with Gasteiger partial charge in [-0.1, -0.05) is 216 Å². The molecule has 6 nitrogen and oxygen atoms in total. The zero-order valence-electron chi connectivity index (χ0n) is 68.3. The smallest absolute Gasteiger partial charge is 0.399 e. The molecule has 13 rings (SSSR count). The van der Waals surface area contributed by atoms with Gasteiger partial charge in [0.05, 0.1) is 22.4 Å². The third-order valence-corrected chi connectivity index (χ3v) is 27.6. The molecule has 0 N–H and O–H groups in total. The van der Waals surface area contributed by atoms with Gasteiger partial charge in [-0.05, 0) is 364 Å². The molecule has 2 aliphatic carbocycles. The quantitative estimate of drug-likeness (QED) is 0.0277. The summed E-state index contributed by atoms with van der Waals surface area (Å²) in [5.41, 5.74) is 23.2. The maximum Gasteiger partial charge on any atom is 0.495 e. The van der Waals surface area contributed by atoms with E-state index in [2.05, 4.69) is 391 Å². The molecule has 586 valence electrons. The number of rotatable bonds is 28. The molecule has 0 radical (unpaired) electrons. The first kappa shape index (κ1) is 88.3. The van der Waals surface area contributed by atoms with Crippen LogP contribution in [0.25, 0.3) is 11.1 Å². The van der Waals surface area contributed by atoms with Crippen LogP contribution in [-0.4, -0.2) is 36.6 Å². The summed E-state index contributed by atoms with van der Waals surface area (Å²) >= 11 is 21.7. The summed E-state index contributed by atoms with van der Waals surface area (Å²) in [4.78, 5) is 4.62. The van der Waals surface area contributed by atoms with Gasteiger partial charge in [-0.15, -0.1) is 13.2 Å². The molecule has 0 spiro atoms. The monoisotopic (exact) mass is 1870 g/mol. The molecule has 111 heavy (non-hydrogen) atoms. The zero-order valence-corrected chi connectivity index (χ0v) is 77.8. The second kappa shape index (κ2) is 39.7. The van der Waals surface area contributed by atoms with Gasteiger partial charge in [0.25, 0.3) is 0 Å². The van der Waals surface area contributed by atoms with E-state index in [0.29, 0.717) is 5.92 Å². The molecule has 2 fully saturated rings. The molecular weight excluding hydrogens is 1760 g/mol. The number of unbranched alkanes of at least 4 members (excludes halogenated alkanes) is 8. The van der Waals surface area contributed by atoms with E-state index < -0.39 is 0 Å². The van der Waals surface area contributed by atoms with Crippen LogP contribution < -0.4 is 20.7 Å². The number of benzene rings is 9. The van der Waals surface area contributed by atoms with Gasteiger partial charge >= 0.3 is 14.2 Å². The van der Waals surface area contributed by atoms with Crippen LogP contribution in [0, 0.1) is 13.8 Å². The predicted octanol–water partition coefficient (Wildman–Crippen LogP) is 30.3. The standard InChI is InChI=1S/C30H52B2O4.C24H25Br2N.C23H24Br2.C20H15Br2N/c1-11-13-15-17-19-23-21-26(32-35-29(7,8)30(9,10)36-32)24(20-18-16-14-12-2)22-25(23)31-33-27(3,4)28(5,6)34-31;1-5-16(2)19-6-8-20(9-7-19)27(21-10-12-23(25)17(3)14-21)22-11-13-24(26)18(4)15-22;1-3-5-7-13-23(14-8-6-4-2)21-15-17(24)9-11-19(21)20-12-10-18(25)16-22(20)23;21-16-4-9-18(10-5-16)23(19-11-6-17(22)7-12-19)20-8-3-14-1-2-15(14)13-20/h21-22H,11-20H2,1-10H3;6-16H,5H2,1-4H3;3-4,9-12,15-16H,1-2,5-8,13-14H2;3-13H,1-2H2. The summed E-state index contributed by atoms with van der Waals surface area (Å²) in [6.45, 7) is 38.2. The summed E-state index contributed by atoms with van der Waals surface area (Å²) in [6.07, 6.45) is 26.3. The van der Waals surface area contributed by atoms with Crippen LogP contribution in [0.15, 0.2) is 228 Å². The maximum atomic E-state index is 6.56. The number of halogens is 6. The minimum Gasteiger partial charge on any atom is -0.399 e. The van der Waals surface area contributed by atoms with E-state index in [9.17, 15) is 0 Å². The van der Waals surface area contributed by atoms with E-state index >= 15 is 0 Å². The van der Waals surface area contributed by atoms with Crippen molar-refractivity contribution in [2.75, 3.05) is 9.80 Å². The van der Waals surface area contributed by atoms with Crippen LogP contribution in [0.1, 0.15) is 235 Å². The average Bonchev–Trinajstić information content (AvgIpc) is 1.50. The Balaban J connectivity index is 0.000000159. The Hall–Kier alpha value is -5.09. The third kappa shape index (κ3) is 21.6. The number of nitrogens with zero attached hydrogens (tertiary/aromatic N) is 2. The first-order valence-electron chi connectivity index (χ1n) is 40.5. The first-order chi connectivity index (χ1) is 53.0. The highest BCUT2D eigenvalue weighted by Crippen LogP contribution is 2.56. The summed E-state index contributed by atoms with van der Waals surface area (Å²) < 4.78 is 33.0. The highest BCUT2D eigenvalue weighted by Gasteiger charge is 2.55. The Morgan fingerprint density at radius 2 is 0.766 bits per heavy atom. The van der Waals surface area contributed by atoms with E-state index in [0.717, 1.165) is 107 Å². The SMILES string of the molecule is Brc1ccc(N(c2ccc(Br)cc2)c2ccc3c(c2)CC3)cc1.C=CCCCC1(CCCC=C)c2cc(Br)ccc2-c2ccc(Br)cc21.CCC(C)c1ccc(N(c2ccc(Br)c(C)c2)c2ccc(Br)c(C)c2)cc1.CCCCCCc1cc(B2OC(C)(C)C(C)(C)O2)c(CCCCCC)cc1B1OC(C)(C)C(C)(C)O1. The Morgan fingerprint density at radius 1 is 0.405 bits per heavy atom. The second-order valence-electron chi connectivity index (χ2n) is 32.7. The fourth-order valence-corrected chi connectivity index (χ4v) is 17.1. The first-order valence-corrected chi connectivity index (χ1v) is 45.3. The van der Waals surface area contributed by atoms with Crippen molar-refractivity contribution in [3.05, 3.63) is 278 Å². The molecule has 1 atom stereocenters. The highest BCUT2D eigenvalue weighted by atomic mass is 79.9. The lowest BCUT2D eigenvalue weighted by Gasteiger charge is -2.33. The van der Waals surface area contributed by atoms with E-state index in [4.69, 9.17) is 18.6 Å². The molecule has 4 aliphatic rings. The van der Waals surface area contributed by atoms with Crippen LogP contribution in [0.4, 0.5) is 34.1 Å². The van der Waals surface area contributed by atoms with E-state index in [1.807, 2.05) is 12.2 Å². The number of allylic oxidation sites excluding steroid dienone is 2. The molecule has 0 saturated carbocycles. The van der Waals surface area contributed by atoms with Gasteiger partial charge in [-0.25, -0.2) is 0 Å². The van der Waals surface area contributed by atoms with E-state index in [1.165, 1.54) is 148 Å². The second-order valence-corrected chi connectivity index (χ2v) is 38.1. The number of fused-ring (bicyclic) bond motifs is 4. The van der Waals surface area contributed by atoms with Gasteiger partial charge in [0.15, 0.2) is 0 Å². The topological polar surface area (TPSA) is 43.4 Å². The Morgan fingerprint density at radius 3 is 1.13 bits per heavy atom. The molecule has 9 aromatic carbocycles. The predicted molar refractivity (Wildman–Crippen MR) is 498 cm³/mol. The summed E-state index contributed by atoms with van der Waals surface area (Å²) in [7, 11) is -0.698. The van der Waals surface area contributed by atoms with E-state index in [1.54, 1.807) is 0 Å². The van der Waals surface area contributed by atoms with Gasteiger partial charge in [-0.2, -0.15) is 0 Å². The van der Waals surface area contributed by atoms with Gasteiger partial charge < -0.3 is 28.4 Å². The van der Waals surface area contributed by atoms with Crippen LogP contribution in [-0.2, 0) is 49.7 Å². The lowest BCUT2D eigenvalue weighted by Crippen LogP contribution is -2.43. The Labute approximate surface area is 718 Å². The third-order valence-electron chi connectivity index (χ3n) is 23.7.